The molecule has 0 aromatic heterocycles. The largest absolute Gasteiger partial charge is 0.326 e. The van der Waals surface area contributed by atoms with Crippen LogP contribution in [0.3, 0.4) is 0 Å². The predicted octanol–water partition coefficient (Wildman–Crippen LogP) is 3.98. The Bertz CT molecular complexity index is 309. The van der Waals surface area contributed by atoms with Crippen molar-refractivity contribution in [3.8, 4) is 0 Å². The summed E-state index contributed by atoms with van der Waals surface area (Å²) >= 11 is 1.93. The Morgan fingerprint density at radius 1 is 1.25 bits per heavy atom. The molecule has 0 saturated carbocycles. The van der Waals surface area contributed by atoms with E-state index in [2.05, 4.69) is 30.8 Å². The molecule has 1 rings (SSSR count). The van der Waals surface area contributed by atoms with Crippen molar-refractivity contribution in [2.45, 2.75) is 37.1 Å². The Kier molecular flexibility index (Phi) is 7.02. The molecular weight excluding hydrogens is 214 g/mol. The van der Waals surface area contributed by atoms with Crippen LogP contribution in [0.2, 0.25) is 0 Å². The van der Waals surface area contributed by atoms with Gasteiger partial charge >= 0.3 is 0 Å². The molecule has 1 aromatic rings. The van der Waals surface area contributed by atoms with Crippen LogP contribution in [0.4, 0.5) is 0 Å². The maximum Gasteiger partial charge on any atom is 0.0178 e. The normalized spacial score (nSPS) is 10.3. The molecule has 0 unspecified atom stereocenters. The van der Waals surface area contributed by atoms with Gasteiger partial charge in [-0.25, -0.2) is 0 Å². The molecule has 1 nitrogen and oxygen atoms in total. The Labute approximate surface area is 103 Å². The molecule has 0 atom stereocenters. The van der Waals surface area contributed by atoms with Gasteiger partial charge in [-0.2, -0.15) is 0 Å². The number of hydrogen-bond donors (Lipinski definition) is 1. The van der Waals surface area contributed by atoms with E-state index in [-0.39, 0.29) is 0 Å². The summed E-state index contributed by atoms with van der Waals surface area (Å²) in [6.45, 7) is 4.36. The number of allylic oxidation sites excluding steroid dienone is 1. The minimum absolute atomic E-state index is 0.633. The Morgan fingerprint density at radius 2 is 2.12 bits per heavy atom. The first-order valence-corrected chi connectivity index (χ1v) is 6.88. The summed E-state index contributed by atoms with van der Waals surface area (Å²) in [6, 6.07) is 8.51. The topological polar surface area (TPSA) is 26.0 Å². The molecule has 0 aliphatic heterocycles. The first kappa shape index (κ1) is 13.3. The van der Waals surface area contributed by atoms with Gasteiger partial charge in [-0.3, -0.25) is 0 Å². The van der Waals surface area contributed by atoms with Crippen molar-refractivity contribution >= 4 is 11.8 Å². The number of unbranched alkanes of at least 4 members (excludes halogenated alkanes) is 3. The molecule has 0 spiro atoms. The van der Waals surface area contributed by atoms with Gasteiger partial charge in [0.05, 0.1) is 0 Å². The molecule has 88 valence electrons. The number of hydrogen-bond acceptors (Lipinski definition) is 2. The monoisotopic (exact) mass is 235 g/mol. The van der Waals surface area contributed by atoms with Crippen LogP contribution in [0, 0.1) is 0 Å². The van der Waals surface area contributed by atoms with Crippen molar-refractivity contribution in [3.05, 3.63) is 42.5 Å². The molecule has 0 saturated heterocycles. The predicted molar refractivity (Wildman–Crippen MR) is 73.7 cm³/mol. The van der Waals surface area contributed by atoms with E-state index in [1.807, 2.05) is 17.8 Å². The van der Waals surface area contributed by atoms with Crippen molar-refractivity contribution < 1.29 is 0 Å². The summed E-state index contributed by atoms with van der Waals surface area (Å²) in [5, 5.41) is 0. The van der Waals surface area contributed by atoms with Crippen molar-refractivity contribution in [2.24, 2.45) is 5.73 Å². The second-order valence-electron chi connectivity index (χ2n) is 3.84. The minimum atomic E-state index is 0.633. The quantitative estimate of drug-likeness (QED) is 0.419. The summed E-state index contributed by atoms with van der Waals surface area (Å²) in [4.78, 5) is 1.34. The smallest absolute Gasteiger partial charge is 0.0178 e. The molecule has 0 amide bonds. The number of rotatable bonds is 8. The van der Waals surface area contributed by atoms with E-state index in [1.165, 1.54) is 35.5 Å². The molecule has 0 radical (unpaired) electrons. The fourth-order valence-electron chi connectivity index (χ4n) is 1.52. The van der Waals surface area contributed by atoms with Gasteiger partial charge in [0.2, 0.25) is 0 Å². The van der Waals surface area contributed by atoms with Gasteiger partial charge in [0, 0.05) is 11.4 Å². The summed E-state index contributed by atoms with van der Waals surface area (Å²) in [6.07, 6.45) is 7.00. The van der Waals surface area contributed by atoms with E-state index in [0.29, 0.717) is 6.54 Å². The molecule has 0 heterocycles. The number of benzene rings is 1. The molecule has 0 fully saturated rings. The van der Waals surface area contributed by atoms with E-state index in [0.717, 1.165) is 6.42 Å². The number of thioether (sulfide) groups is 1. The molecule has 0 bridgehead atoms. The molecule has 2 heteroatoms. The SMILES string of the molecule is C=CCCCCCSc1cccc(CN)c1. The van der Waals surface area contributed by atoms with E-state index in [1.54, 1.807) is 0 Å². The van der Waals surface area contributed by atoms with E-state index < -0.39 is 0 Å². The Balaban J connectivity index is 2.18. The van der Waals surface area contributed by atoms with Crippen LogP contribution in [-0.2, 0) is 6.54 Å². The second kappa shape index (κ2) is 8.43. The van der Waals surface area contributed by atoms with E-state index in [9.17, 15) is 0 Å². The van der Waals surface area contributed by atoms with Gasteiger partial charge in [-0.15, -0.1) is 18.3 Å². The summed E-state index contributed by atoms with van der Waals surface area (Å²) in [5.74, 6) is 1.20. The zero-order valence-electron chi connectivity index (χ0n) is 9.82. The van der Waals surface area contributed by atoms with Crippen LogP contribution in [0.1, 0.15) is 31.2 Å². The fraction of sp³-hybridized carbons (Fsp3) is 0.429. The lowest BCUT2D eigenvalue weighted by Crippen LogP contribution is -1.95. The van der Waals surface area contributed by atoms with Crippen LogP contribution < -0.4 is 5.73 Å². The maximum absolute atomic E-state index is 5.61. The molecule has 1 aromatic carbocycles. The maximum atomic E-state index is 5.61. The minimum Gasteiger partial charge on any atom is -0.326 e. The second-order valence-corrected chi connectivity index (χ2v) is 5.01. The highest BCUT2D eigenvalue weighted by Gasteiger charge is 1.95. The average Bonchev–Trinajstić information content (AvgIpc) is 2.34. The van der Waals surface area contributed by atoms with E-state index in [4.69, 9.17) is 5.73 Å². The zero-order chi connectivity index (χ0) is 11.6. The lowest BCUT2D eigenvalue weighted by molar-refractivity contribution is 0.735. The van der Waals surface area contributed by atoms with Gasteiger partial charge < -0.3 is 5.73 Å². The van der Waals surface area contributed by atoms with Crippen LogP contribution in [0.15, 0.2) is 41.8 Å². The first-order valence-electron chi connectivity index (χ1n) is 5.89. The molecule has 16 heavy (non-hydrogen) atoms. The van der Waals surface area contributed by atoms with E-state index >= 15 is 0 Å². The van der Waals surface area contributed by atoms with Crippen LogP contribution in [0.5, 0.6) is 0 Å². The standard InChI is InChI=1S/C14H21NS/c1-2-3-4-5-6-10-16-14-9-7-8-13(11-14)12-15/h2,7-9,11H,1,3-6,10,12,15H2. The van der Waals surface area contributed by atoms with Crippen LogP contribution >= 0.6 is 11.8 Å². The van der Waals surface area contributed by atoms with Crippen molar-refractivity contribution in [2.75, 3.05) is 5.75 Å². The lowest BCUT2D eigenvalue weighted by atomic mass is 10.2. The number of nitrogens with two attached hydrogens (primary N) is 1. The lowest BCUT2D eigenvalue weighted by Gasteiger charge is -2.03. The van der Waals surface area contributed by atoms with Crippen LogP contribution in [-0.4, -0.2) is 5.75 Å². The van der Waals surface area contributed by atoms with Gasteiger partial charge in [-0.05, 0) is 42.7 Å². The van der Waals surface area contributed by atoms with Gasteiger partial charge in [-0.1, -0.05) is 24.6 Å². The van der Waals surface area contributed by atoms with Crippen molar-refractivity contribution in [1.29, 1.82) is 0 Å². The van der Waals surface area contributed by atoms with Crippen LogP contribution in [0.25, 0.3) is 0 Å². The summed E-state index contributed by atoms with van der Waals surface area (Å²) < 4.78 is 0. The average molecular weight is 235 g/mol. The summed E-state index contributed by atoms with van der Waals surface area (Å²) in [5.41, 5.74) is 6.83. The third-order valence-electron chi connectivity index (χ3n) is 2.46. The third kappa shape index (κ3) is 5.38. The molecule has 0 aliphatic rings. The van der Waals surface area contributed by atoms with Crippen molar-refractivity contribution in [3.63, 3.8) is 0 Å². The molecular formula is C14H21NS. The zero-order valence-corrected chi connectivity index (χ0v) is 10.6. The molecule has 0 aliphatic carbocycles. The first-order chi connectivity index (χ1) is 7.86. The van der Waals surface area contributed by atoms with Gasteiger partial charge in [0.25, 0.3) is 0 Å². The highest BCUT2D eigenvalue weighted by molar-refractivity contribution is 7.99. The third-order valence-corrected chi connectivity index (χ3v) is 3.54. The Morgan fingerprint density at radius 3 is 2.88 bits per heavy atom. The molecule has 2 N–H and O–H groups in total. The Hall–Kier alpha value is -0.730. The summed E-state index contributed by atoms with van der Waals surface area (Å²) in [7, 11) is 0. The highest BCUT2D eigenvalue weighted by Crippen LogP contribution is 2.20. The highest BCUT2D eigenvalue weighted by atomic mass is 32.2. The van der Waals surface area contributed by atoms with Gasteiger partial charge in [0.1, 0.15) is 0 Å². The van der Waals surface area contributed by atoms with Crippen molar-refractivity contribution in [1.82, 2.24) is 0 Å². The van der Waals surface area contributed by atoms with Gasteiger partial charge in [0.15, 0.2) is 0 Å². The fourth-order valence-corrected chi connectivity index (χ4v) is 2.51.